The first kappa shape index (κ1) is 28.3. The summed E-state index contributed by atoms with van der Waals surface area (Å²) in [6, 6.07) is 18.3. The lowest BCUT2D eigenvalue weighted by Crippen LogP contribution is -2.53. The summed E-state index contributed by atoms with van der Waals surface area (Å²) in [7, 11) is 0. The Morgan fingerprint density at radius 3 is 2.39 bits per heavy atom. The first-order valence-electron chi connectivity index (χ1n) is 11.9. The van der Waals surface area contributed by atoms with E-state index in [9.17, 15) is 24.8 Å². The minimum atomic E-state index is -1.30. The second-order valence-electron chi connectivity index (χ2n) is 9.55. The van der Waals surface area contributed by atoms with Crippen LogP contribution in [0, 0.1) is 11.3 Å². The highest BCUT2D eigenvalue weighted by molar-refractivity contribution is 7.80. The number of hydrogen-bond donors (Lipinski definition) is 4. The Hall–Kier alpha value is -4.23. The van der Waals surface area contributed by atoms with Crippen molar-refractivity contribution in [3.63, 3.8) is 0 Å². The Morgan fingerprint density at radius 2 is 1.76 bits per heavy atom. The molecule has 10 heteroatoms. The van der Waals surface area contributed by atoms with Gasteiger partial charge in [0.2, 0.25) is 5.91 Å². The van der Waals surface area contributed by atoms with Gasteiger partial charge in [-0.2, -0.15) is 17.9 Å². The van der Waals surface area contributed by atoms with Crippen molar-refractivity contribution in [2.75, 3.05) is 17.6 Å². The van der Waals surface area contributed by atoms with E-state index in [4.69, 9.17) is 4.74 Å². The SMILES string of the molecule is CC(C)(C)OC(=O)NC(CS)C(=O)N(CC#N)C(C(=O)Nc1ccc2ccccc2c1)c1cccc(O)c1. The van der Waals surface area contributed by atoms with Gasteiger partial charge in [-0.1, -0.05) is 42.5 Å². The maximum absolute atomic E-state index is 13.7. The summed E-state index contributed by atoms with van der Waals surface area (Å²) in [4.78, 5) is 40.7. The molecule has 3 rings (SSSR count). The molecule has 2 atom stereocenters. The number of carbonyl (C=O) groups is 3. The molecule has 0 radical (unpaired) electrons. The van der Waals surface area contributed by atoms with Gasteiger partial charge in [0.1, 0.15) is 30.0 Å². The zero-order chi connectivity index (χ0) is 27.9. The van der Waals surface area contributed by atoms with E-state index in [2.05, 4.69) is 23.3 Å². The van der Waals surface area contributed by atoms with Crippen LogP contribution in [0.5, 0.6) is 5.75 Å². The van der Waals surface area contributed by atoms with Gasteiger partial charge < -0.3 is 25.4 Å². The summed E-state index contributed by atoms with van der Waals surface area (Å²) < 4.78 is 5.25. The third-order valence-corrected chi connectivity index (χ3v) is 5.82. The standard InChI is InChI=1S/C28H30N4O5S/c1-28(2,3)37-27(36)31-23(17-38)26(35)32(14-13-29)24(20-9-6-10-22(33)16-20)25(34)30-21-12-11-18-7-4-5-8-19(18)15-21/h4-12,15-16,23-24,33,38H,14,17H2,1-3H3,(H,30,34)(H,31,36). The molecule has 3 amide bonds. The van der Waals surface area contributed by atoms with Gasteiger partial charge >= 0.3 is 6.09 Å². The molecule has 2 unspecified atom stereocenters. The van der Waals surface area contributed by atoms with Crippen molar-refractivity contribution in [3.05, 3.63) is 72.3 Å². The predicted molar refractivity (Wildman–Crippen MR) is 148 cm³/mol. The molecule has 0 aromatic heterocycles. The van der Waals surface area contributed by atoms with E-state index in [-0.39, 0.29) is 17.1 Å². The molecule has 0 bridgehead atoms. The first-order valence-corrected chi connectivity index (χ1v) is 12.5. The number of amides is 3. The van der Waals surface area contributed by atoms with Gasteiger partial charge in [0, 0.05) is 11.4 Å². The quantitative estimate of drug-likeness (QED) is 0.250. The average molecular weight is 535 g/mol. The van der Waals surface area contributed by atoms with Crippen molar-refractivity contribution in [3.8, 4) is 11.8 Å². The summed E-state index contributed by atoms with van der Waals surface area (Å²) in [6.07, 6.45) is -0.837. The molecule has 3 N–H and O–H groups in total. The smallest absolute Gasteiger partial charge is 0.408 e. The van der Waals surface area contributed by atoms with Crippen LogP contribution in [0.2, 0.25) is 0 Å². The van der Waals surface area contributed by atoms with E-state index in [1.807, 2.05) is 36.4 Å². The van der Waals surface area contributed by atoms with E-state index in [0.29, 0.717) is 5.69 Å². The number of nitrogens with one attached hydrogen (secondary N) is 2. The number of hydrogen-bond acceptors (Lipinski definition) is 7. The zero-order valence-corrected chi connectivity index (χ0v) is 22.2. The van der Waals surface area contributed by atoms with Crippen LogP contribution in [0.4, 0.5) is 10.5 Å². The number of anilines is 1. The number of phenols is 1. The van der Waals surface area contributed by atoms with E-state index in [0.717, 1.165) is 15.7 Å². The molecule has 0 fully saturated rings. The molecule has 0 spiro atoms. The maximum Gasteiger partial charge on any atom is 0.408 e. The van der Waals surface area contributed by atoms with Crippen molar-refractivity contribution in [2.45, 2.75) is 38.5 Å². The number of thiol groups is 1. The Kier molecular flexibility index (Phi) is 9.20. The lowest BCUT2D eigenvalue weighted by Gasteiger charge is -2.32. The molecular formula is C28H30N4O5S. The topological polar surface area (TPSA) is 132 Å². The monoisotopic (exact) mass is 534 g/mol. The van der Waals surface area contributed by atoms with Crippen LogP contribution in [0.3, 0.4) is 0 Å². The number of carbonyl (C=O) groups excluding carboxylic acids is 3. The van der Waals surface area contributed by atoms with Crippen LogP contribution in [0.15, 0.2) is 66.7 Å². The number of fused-ring (bicyclic) bond motifs is 1. The molecular weight excluding hydrogens is 504 g/mol. The van der Waals surface area contributed by atoms with Crippen LogP contribution in [0.1, 0.15) is 32.4 Å². The van der Waals surface area contributed by atoms with Gasteiger partial charge in [-0.05, 0) is 61.4 Å². The molecule has 0 heterocycles. The fraction of sp³-hybridized carbons (Fsp3) is 0.286. The number of nitriles is 1. The van der Waals surface area contributed by atoms with Crippen LogP contribution in [0.25, 0.3) is 10.8 Å². The largest absolute Gasteiger partial charge is 0.508 e. The average Bonchev–Trinajstić information content (AvgIpc) is 2.85. The van der Waals surface area contributed by atoms with Crippen molar-refractivity contribution in [1.29, 1.82) is 5.26 Å². The molecule has 0 aliphatic heterocycles. The number of benzene rings is 3. The van der Waals surface area contributed by atoms with Gasteiger partial charge in [0.25, 0.3) is 5.91 Å². The summed E-state index contributed by atoms with van der Waals surface area (Å²) in [5, 5.41) is 26.8. The van der Waals surface area contributed by atoms with Gasteiger partial charge in [-0.15, -0.1) is 0 Å². The van der Waals surface area contributed by atoms with Crippen LogP contribution < -0.4 is 10.6 Å². The minimum absolute atomic E-state index is 0.112. The highest BCUT2D eigenvalue weighted by Gasteiger charge is 2.36. The van der Waals surface area contributed by atoms with Gasteiger partial charge in [0.05, 0.1) is 6.07 Å². The summed E-state index contributed by atoms with van der Waals surface area (Å²) in [5.41, 5.74) is -0.0345. The number of aromatic hydroxyl groups is 1. The molecule has 3 aromatic carbocycles. The van der Waals surface area contributed by atoms with Crippen molar-refractivity contribution in [2.24, 2.45) is 0 Å². The van der Waals surface area contributed by atoms with Crippen LogP contribution >= 0.6 is 12.6 Å². The highest BCUT2D eigenvalue weighted by Crippen LogP contribution is 2.27. The van der Waals surface area contributed by atoms with E-state index in [1.165, 1.54) is 18.2 Å². The fourth-order valence-electron chi connectivity index (χ4n) is 3.85. The lowest BCUT2D eigenvalue weighted by atomic mass is 10.0. The predicted octanol–water partition coefficient (Wildman–Crippen LogP) is 4.40. The minimum Gasteiger partial charge on any atom is -0.508 e. The first-order chi connectivity index (χ1) is 18.0. The number of alkyl carbamates (subject to hydrolysis) is 1. The lowest BCUT2D eigenvalue weighted by molar-refractivity contribution is -0.139. The molecule has 0 saturated heterocycles. The second kappa shape index (κ2) is 12.3. The fourth-order valence-corrected chi connectivity index (χ4v) is 4.10. The number of nitrogens with zero attached hydrogens (tertiary/aromatic N) is 2. The Bertz CT molecular complexity index is 1370. The maximum atomic E-state index is 13.7. The van der Waals surface area contributed by atoms with E-state index < -0.39 is 42.1 Å². The van der Waals surface area contributed by atoms with Gasteiger partial charge in [0.15, 0.2) is 0 Å². The van der Waals surface area contributed by atoms with Crippen molar-refractivity contribution < 1.29 is 24.2 Å². The summed E-state index contributed by atoms with van der Waals surface area (Å²) >= 11 is 4.20. The third kappa shape index (κ3) is 7.40. The molecule has 0 aliphatic rings. The Balaban J connectivity index is 1.97. The second-order valence-corrected chi connectivity index (χ2v) is 9.92. The van der Waals surface area contributed by atoms with Gasteiger partial charge in [-0.25, -0.2) is 4.79 Å². The summed E-state index contributed by atoms with van der Waals surface area (Å²) in [5.74, 6) is -1.55. The molecule has 38 heavy (non-hydrogen) atoms. The van der Waals surface area contributed by atoms with Crippen LogP contribution in [-0.4, -0.2) is 51.9 Å². The third-order valence-electron chi connectivity index (χ3n) is 5.46. The number of phenolic OH excluding ortho intramolecular Hbond substituents is 1. The van der Waals surface area contributed by atoms with E-state index in [1.54, 1.807) is 39.0 Å². The molecule has 0 saturated carbocycles. The normalized spacial score (nSPS) is 12.6. The molecule has 3 aromatic rings. The molecule has 0 aliphatic carbocycles. The van der Waals surface area contributed by atoms with Crippen LogP contribution in [-0.2, 0) is 14.3 Å². The summed E-state index contributed by atoms with van der Waals surface area (Å²) in [6.45, 7) is 4.58. The molecule has 198 valence electrons. The van der Waals surface area contributed by atoms with E-state index >= 15 is 0 Å². The Labute approximate surface area is 226 Å². The van der Waals surface area contributed by atoms with Crippen molar-refractivity contribution in [1.82, 2.24) is 10.2 Å². The van der Waals surface area contributed by atoms with Gasteiger partial charge in [-0.3, -0.25) is 9.59 Å². The zero-order valence-electron chi connectivity index (χ0n) is 21.3. The Morgan fingerprint density at radius 1 is 1.05 bits per heavy atom. The number of rotatable bonds is 8. The highest BCUT2D eigenvalue weighted by atomic mass is 32.1. The van der Waals surface area contributed by atoms with Crippen molar-refractivity contribution >= 4 is 47.0 Å². The number of ether oxygens (including phenoxy) is 1. The molecule has 9 nitrogen and oxygen atoms in total.